The van der Waals surface area contributed by atoms with Gasteiger partial charge in [0.15, 0.2) is 0 Å². The Labute approximate surface area is 143 Å². The van der Waals surface area contributed by atoms with Gasteiger partial charge in [-0.05, 0) is 54.8 Å². The molecule has 2 aromatic heterocycles. The lowest BCUT2D eigenvalue weighted by molar-refractivity contribution is 1.15. The molecule has 0 aliphatic carbocycles. The second kappa shape index (κ2) is 5.50. The third-order valence-electron chi connectivity index (χ3n) is 4.35. The van der Waals surface area contributed by atoms with Crippen LogP contribution < -0.4 is 0 Å². The highest BCUT2D eigenvalue weighted by atomic mass is 79.9. The van der Waals surface area contributed by atoms with Crippen LogP contribution in [0.4, 0.5) is 0 Å². The number of fused-ring (bicyclic) bond motifs is 2. The maximum Gasteiger partial charge on any atom is 0.0733 e. The molecule has 4 aromatic rings. The third kappa shape index (κ3) is 2.45. The first-order valence-corrected chi connectivity index (χ1v) is 8.62. The molecule has 1 N–H and O–H groups in total. The van der Waals surface area contributed by atoms with Crippen LogP contribution >= 0.6 is 15.9 Å². The summed E-state index contributed by atoms with van der Waals surface area (Å²) < 4.78 is 1.08. The zero-order valence-corrected chi connectivity index (χ0v) is 14.7. The molecule has 0 aliphatic heterocycles. The molecule has 2 heterocycles. The number of hydrogen-bond donors (Lipinski definition) is 1. The van der Waals surface area contributed by atoms with Gasteiger partial charge in [-0.25, -0.2) is 4.98 Å². The SMILES string of the molecule is CCc1cc(-c2c[nH]c3ccc(Br)cc23)nc2cc(C)ccc12. The zero-order valence-electron chi connectivity index (χ0n) is 13.2. The molecule has 0 amide bonds. The van der Waals surface area contributed by atoms with Gasteiger partial charge in [0.05, 0.1) is 11.2 Å². The summed E-state index contributed by atoms with van der Waals surface area (Å²) in [6.07, 6.45) is 3.06. The summed E-state index contributed by atoms with van der Waals surface area (Å²) >= 11 is 3.57. The van der Waals surface area contributed by atoms with E-state index in [9.17, 15) is 0 Å². The van der Waals surface area contributed by atoms with Crippen LogP contribution in [-0.2, 0) is 6.42 Å². The standard InChI is InChI=1S/C20H17BrN2/c1-3-13-9-20(23-19-8-12(2)4-6-15(13)19)17-11-22-18-7-5-14(21)10-16(17)18/h4-11,22H,3H2,1-2H3. The van der Waals surface area contributed by atoms with Crippen molar-refractivity contribution < 1.29 is 0 Å². The average molecular weight is 365 g/mol. The van der Waals surface area contributed by atoms with Gasteiger partial charge in [-0.2, -0.15) is 0 Å². The predicted octanol–water partition coefficient (Wildman–Crippen LogP) is 6.02. The monoisotopic (exact) mass is 364 g/mol. The second-order valence-electron chi connectivity index (χ2n) is 5.93. The molecule has 0 spiro atoms. The van der Waals surface area contributed by atoms with Crippen molar-refractivity contribution in [2.75, 3.05) is 0 Å². The summed E-state index contributed by atoms with van der Waals surface area (Å²) in [6, 6.07) is 15.0. The molecule has 0 aliphatic rings. The lowest BCUT2D eigenvalue weighted by atomic mass is 10.0. The fraction of sp³-hybridized carbons (Fsp3) is 0.150. The molecule has 2 aromatic carbocycles. The highest BCUT2D eigenvalue weighted by Gasteiger charge is 2.11. The Bertz CT molecular complexity index is 1030. The molecule has 114 valence electrons. The van der Waals surface area contributed by atoms with E-state index < -0.39 is 0 Å². The highest BCUT2D eigenvalue weighted by Crippen LogP contribution is 2.32. The minimum absolute atomic E-state index is 1.00. The number of nitrogens with zero attached hydrogens (tertiary/aromatic N) is 1. The molecule has 23 heavy (non-hydrogen) atoms. The van der Waals surface area contributed by atoms with Crippen LogP contribution in [0.1, 0.15) is 18.1 Å². The predicted molar refractivity (Wildman–Crippen MR) is 101 cm³/mol. The van der Waals surface area contributed by atoms with E-state index in [0.717, 1.165) is 33.2 Å². The molecule has 2 nitrogen and oxygen atoms in total. The zero-order chi connectivity index (χ0) is 16.0. The van der Waals surface area contributed by atoms with Crippen molar-refractivity contribution in [2.24, 2.45) is 0 Å². The van der Waals surface area contributed by atoms with Crippen molar-refractivity contribution >= 4 is 37.7 Å². The first-order valence-electron chi connectivity index (χ1n) is 7.83. The van der Waals surface area contributed by atoms with Crippen LogP contribution in [0.25, 0.3) is 33.1 Å². The van der Waals surface area contributed by atoms with Crippen LogP contribution in [0.5, 0.6) is 0 Å². The Balaban J connectivity index is 2.02. The first-order chi connectivity index (χ1) is 11.2. The normalized spacial score (nSPS) is 11.4. The summed E-state index contributed by atoms with van der Waals surface area (Å²) in [7, 11) is 0. The van der Waals surface area contributed by atoms with E-state index in [1.807, 2.05) is 0 Å². The molecular formula is C20H17BrN2. The van der Waals surface area contributed by atoms with Gasteiger partial charge < -0.3 is 4.98 Å². The van der Waals surface area contributed by atoms with Crippen LogP contribution in [0.15, 0.2) is 53.1 Å². The topological polar surface area (TPSA) is 28.7 Å². The number of aromatic nitrogens is 2. The lowest BCUT2D eigenvalue weighted by Crippen LogP contribution is -1.92. The largest absolute Gasteiger partial charge is 0.360 e. The fourth-order valence-electron chi connectivity index (χ4n) is 3.15. The minimum Gasteiger partial charge on any atom is -0.360 e. The van der Waals surface area contributed by atoms with Gasteiger partial charge in [0.25, 0.3) is 0 Å². The van der Waals surface area contributed by atoms with E-state index in [4.69, 9.17) is 4.98 Å². The van der Waals surface area contributed by atoms with Gasteiger partial charge in [0, 0.05) is 32.5 Å². The van der Waals surface area contributed by atoms with Crippen molar-refractivity contribution in [1.29, 1.82) is 0 Å². The van der Waals surface area contributed by atoms with Gasteiger partial charge in [-0.15, -0.1) is 0 Å². The number of pyridine rings is 1. The van der Waals surface area contributed by atoms with Crippen molar-refractivity contribution in [3.63, 3.8) is 0 Å². The number of hydrogen-bond acceptors (Lipinski definition) is 1. The van der Waals surface area contributed by atoms with Crippen molar-refractivity contribution in [1.82, 2.24) is 9.97 Å². The van der Waals surface area contributed by atoms with E-state index in [1.165, 1.54) is 21.9 Å². The lowest BCUT2D eigenvalue weighted by Gasteiger charge is -2.09. The molecule has 3 heteroatoms. The summed E-state index contributed by atoms with van der Waals surface area (Å²) in [5.74, 6) is 0. The van der Waals surface area contributed by atoms with E-state index in [0.29, 0.717) is 0 Å². The van der Waals surface area contributed by atoms with Gasteiger partial charge in [0.1, 0.15) is 0 Å². The van der Waals surface area contributed by atoms with Gasteiger partial charge in [-0.3, -0.25) is 0 Å². The summed E-state index contributed by atoms with van der Waals surface area (Å²) in [5.41, 5.74) is 6.97. The van der Waals surface area contributed by atoms with Crippen LogP contribution in [0.2, 0.25) is 0 Å². The fourth-order valence-corrected chi connectivity index (χ4v) is 3.51. The quantitative estimate of drug-likeness (QED) is 0.463. The van der Waals surface area contributed by atoms with Crippen molar-refractivity contribution in [3.8, 4) is 11.3 Å². The Morgan fingerprint density at radius 2 is 1.91 bits per heavy atom. The summed E-state index contributed by atoms with van der Waals surface area (Å²) in [4.78, 5) is 8.28. The molecule has 0 radical (unpaired) electrons. The molecule has 0 atom stereocenters. The smallest absolute Gasteiger partial charge is 0.0733 e. The Morgan fingerprint density at radius 1 is 1.04 bits per heavy atom. The number of H-pyrrole nitrogens is 1. The molecule has 0 bridgehead atoms. The minimum atomic E-state index is 1.00. The Hall–Kier alpha value is -2.13. The highest BCUT2D eigenvalue weighted by molar-refractivity contribution is 9.10. The van der Waals surface area contributed by atoms with Gasteiger partial charge >= 0.3 is 0 Å². The van der Waals surface area contributed by atoms with E-state index >= 15 is 0 Å². The number of halogens is 1. The molecule has 0 saturated heterocycles. The number of benzene rings is 2. The van der Waals surface area contributed by atoms with Gasteiger partial charge in [-0.1, -0.05) is 35.0 Å². The molecule has 0 fully saturated rings. The van der Waals surface area contributed by atoms with Gasteiger partial charge in [0.2, 0.25) is 0 Å². The number of aryl methyl sites for hydroxylation is 2. The molecule has 0 unspecified atom stereocenters. The van der Waals surface area contributed by atoms with E-state index in [-0.39, 0.29) is 0 Å². The molecular weight excluding hydrogens is 348 g/mol. The van der Waals surface area contributed by atoms with Crippen LogP contribution in [-0.4, -0.2) is 9.97 Å². The van der Waals surface area contributed by atoms with E-state index in [2.05, 4.69) is 83.4 Å². The maximum absolute atomic E-state index is 4.93. The Morgan fingerprint density at radius 3 is 2.74 bits per heavy atom. The number of rotatable bonds is 2. The number of nitrogens with one attached hydrogen (secondary N) is 1. The Kier molecular flexibility index (Phi) is 3.46. The summed E-state index contributed by atoms with van der Waals surface area (Å²) in [6.45, 7) is 4.31. The second-order valence-corrected chi connectivity index (χ2v) is 6.85. The number of aromatic amines is 1. The van der Waals surface area contributed by atoms with Crippen LogP contribution in [0.3, 0.4) is 0 Å². The van der Waals surface area contributed by atoms with Crippen molar-refractivity contribution in [3.05, 3.63) is 64.3 Å². The maximum atomic E-state index is 4.93. The average Bonchev–Trinajstić information content (AvgIpc) is 2.96. The van der Waals surface area contributed by atoms with Crippen LogP contribution in [0, 0.1) is 6.92 Å². The third-order valence-corrected chi connectivity index (χ3v) is 4.84. The first kappa shape index (κ1) is 14.5. The van der Waals surface area contributed by atoms with E-state index in [1.54, 1.807) is 0 Å². The van der Waals surface area contributed by atoms with Crippen molar-refractivity contribution in [2.45, 2.75) is 20.3 Å². The summed E-state index contributed by atoms with van der Waals surface area (Å²) in [5, 5.41) is 2.45. The molecule has 0 saturated carbocycles. The molecule has 4 rings (SSSR count).